The number of carbonyl (C=O) groups is 1. The summed E-state index contributed by atoms with van der Waals surface area (Å²) in [6, 6.07) is 7.28. The summed E-state index contributed by atoms with van der Waals surface area (Å²) in [7, 11) is 1.00. The summed E-state index contributed by atoms with van der Waals surface area (Å²) in [4.78, 5) is 11.9. The molecule has 1 aliphatic carbocycles. The van der Waals surface area contributed by atoms with Crippen LogP contribution in [0.4, 0.5) is 0 Å². The van der Waals surface area contributed by atoms with E-state index in [1.807, 2.05) is 12.1 Å². The molecule has 0 spiro atoms. The normalized spacial score (nSPS) is 13.3. The van der Waals surface area contributed by atoms with Gasteiger partial charge in [0.25, 0.3) is 0 Å². The molecule has 8 N–H and O–H groups in total. The Morgan fingerprint density at radius 3 is 2.12 bits per heavy atom. The van der Waals surface area contributed by atoms with Crippen molar-refractivity contribution in [1.29, 1.82) is 10.8 Å². The highest BCUT2D eigenvalue weighted by molar-refractivity contribution is 5.95. The fourth-order valence-corrected chi connectivity index (χ4v) is 2.70. The lowest BCUT2D eigenvalue weighted by atomic mass is 9.89. The number of hydrogen-bond acceptors (Lipinski definition) is 4. The number of rotatable bonds is 5. The van der Waals surface area contributed by atoms with Gasteiger partial charge in [0.05, 0.1) is 12.3 Å². The van der Waals surface area contributed by atoms with Crippen molar-refractivity contribution in [2.45, 2.75) is 45.4 Å². The molecule has 7 nitrogen and oxygen atoms in total. The van der Waals surface area contributed by atoms with Crippen LogP contribution >= 0.6 is 0 Å². The maximum atomic E-state index is 11.9. The molecule has 0 bridgehead atoms. The van der Waals surface area contributed by atoms with Gasteiger partial charge in [0.1, 0.15) is 5.84 Å². The molecule has 0 radical (unpaired) electrons. The molecule has 0 heterocycles. The van der Waals surface area contributed by atoms with Gasteiger partial charge in [0.15, 0.2) is 0 Å². The Balaban J connectivity index is 0. The minimum absolute atomic E-state index is 0. The van der Waals surface area contributed by atoms with Gasteiger partial charge in [0.2, 0.25) is 5.91 Å². The summed E-state index contributed by atoms with van der Waals surface area (Å²) in [5, 5.41) is 23.6. The zero-order chi connectivity index (χ0) is 19.9. The van der Waals surface area contributed by atoms with E-state index in [9.17, 15) is 4.79 Å². The van der Waals surface area contributed by atoms with Crippen molar-refractivity contribution < 1.29 is 11.3 Å². The van der Waals surface area contributed by atoms with Crippen LogP contribution in [0.1, 0.15) is 51.6 Å². The minimum Gasteiger partial charge on any atom is -0.400 e. The average molecular weight is 366 g/mol. The third kappa shape index (κ3) is 11.2. The maximum Gasteiger partial charge on any atom is 0.224 e. The lowest BCUT2D eigenvalue weighted by Crippen LogP contribution is -2.31. The molecule has 148 valence electrons. The molecular weight excluding hydrogens is 330 g/mol. The monoisotopic (exact) mass is 365 g/mol. The molecule has 1 aromatic rings. The number of benzene rings is 1. The quantitative estimate of drug-likeness (QED) is 0.349. The van der Waals surface area contributed by atoms with Gasteiger partial charge in [-0.05, 0) is 31.2 Å². The van der Waals surface area contributed by atoms with Crippen molar-refractivity contribution in [3.63, 3.8) is 0 Å². The Hall–Kier alpha value is -2.41. The van der Waals surface area contributed by atoms with Gasteiger partial charge in [-0.3, -0.25) is 15.6 Å². The van der Waals surface area contributed by atoms with Crippen LogP contribution in [0.3, 0.4) is 0 Å². The molecule has 0 aliphatic heterocycles. The summed E-state index contributed by atoms with van der Waals surface area (Å²) in [6.07, 6.45) is 6.82. The van der Waals surface area contributed by atoms with Crippen LogP contribution in [-0.2, 0) is 11.2 Å². The third-order valence-corrected chi connectivity index (χ3v) is 3.94. The van der Waals surface area contributed by atoms with Crippen LogP contribution in [0.25, 0.3) is 0 Å². The molecule has 1 saturated carbocycles. The highest BCUT2D eigenvalue weighted by Crippen LogP contribution is 2.22. The largest absolute Gasteiger partial charge is 0.400 e. The van der Waals surface area contributed by atoms with Gasteiger partial charge in [-0.2, -0.15) is 0 Å². The molecule has 2 rings (SSSR count). The average Bonchev–Trinajstić information content (AvgIpc) is 2.62. The van der Waals surface area contributed by atoms with Crippen molar-refractivity contribution in [3.05, 3.63) is 35.4 Å². The van der Waals surface area contributed by atoms with Crippen LogP contribution < -0.4 is 16.8 Å². The SMILES string of the molecule is CC(=N)N.CO.N=C(N)c1ccc(CC(=O)NCC2CCCCC2)cc1.[HH]. The summed E-state index contributed by atoms with van der Waals surface area (Å²) in [6.45, 7) is 2.34. The third-order valence-electron chi connectivity index (χ3n) is 3.94. The Labute approximate surface area is 157 Å². The second kappa shape index (κ2) is 13.8. The molecule has 0 saturated heterocycles. The number of nitrogen functional groups attached to an aromatic ring is 1. The first-order valence-electron chi connectivity index (χ1n) is 8.84. The van der Waals surface area contributed by atoms with E-state index in [-0.39, 0.29) is 19.0 Å². The Morgan fingerprint density at radius 2 is 1.65 bits per heavy atom. The summed E-state index contributed by atoms with van der Waals surface area (Å²) in [5.74, 6) is 0.956. The van der Waals surface area contributed by atoms with Crippen molar-refractivity contribution in [2.24, 2.45) is 17.4 Å². The van der Waals surface area contributed by atoms with Crippen molar-refractivity contribution >= 4 is 17.6 Å². The zero-order valence-electron chi connectivity index (χ0n) is 15.8. The van der Waals surface area contributed by atoms with Gasteiger partial charge >= 0.3 is 0 Å². The number of aliphatic hydroxyl groups is 1. The first-order chi connectivity index (χ1) is 12.4. The van der Waals surface area contributed by atoms with Crippen molar-refractivity contribution in [3.8, 4) is 0 Å². The Kier molecular flexibility index (Phi) is 12.6. The molecule has 0 aromatic heterocycles. The van der Waals surface area contributed by atoms with E-state index in [1.165, 1.54) is 39.0 Å². The number of hydrogen-bond donors (Lipinski definition) is 6. The first kappa shape index (κ1) is 23.6. The topological polar surface area (TPSA) is 149 Å². The van der Waals surface area contributed by atoms with Crippen molar-refractivity contribution in [1.82, 2.24) is 5.32 Å². The number of nitrogens with one attached hydrogen (secondary N) is 3. The van der Waals surface area contributed by atoms with Crippen LogP contribution in [0, 0.1) is 16.7 Å². The molecule has 1 amide bonds. The molecule has 7 heteroatoms. The summed E-state index contributed by atoms with van der Waals surface area (Å²) < 4.78 is 0. The molecule has 1 aromatic carbocycles. The van der Waals surface area contributed by atoms with Crippen molar-refractivity contribution in [2.75, 3.05) is 13.7 Å². The maximum absolute atomic E-state index is 11.9. The van der Waals surface area contributed by atoms with Crippen LogP contribution in [0.5, 0.6) is 0 Å². The minimum atomic E-state index is 0. The summed E-state index contributed by atoms with van der Waals surface area (Å²) in [5.41, 5.74) is 11.7. The van der Waals surface area contributed by atoms with E-state index in [4.69, 9.17) is 27.4 Å². The standard InChI is InChI=1S/C16H23N3O.C2H6N2.CH4O.H2/c17-16(18)14-8-6-12(7-9-14)10-15(20)19-11-13-4-2-1-3-5-13;1-2(3)4;1-2;/h6-9,13H,1-5,10-11H2,(H3,17,18)(H,19,20);1H3,(H3,3,4);2H,1H3;1H. The fraction of sp³-hybridized carbons (Fsp3) is 0.526. The van der Waals surface area contributed by atoms with Gasteiger partial charge in [-0.25, -0.2) is 0 Å². The van der Waals surface area contributed by atoms with Gasteiger partial charge in [0, 0.05) is 20.6 Å². The second-order valence-corrected chi connectivity index (χ2v) is 6.28. The van der Waals surface area contributed by atoms with Crippen LogP contribution in [-0.4, -0.2) is 36.3 Å². The highest BCUT2D eigenvalue weighted by Gasteiger charge is 2.14. The predicted molar refractivity (Wildman–Crippen MR) is 109 cm³/mol. The molecule has 0 unspecified atom stereocenters. The number of nitrogens with two attached hydrogens (primary N) is 2. The highest BCUT2D eigenvalue weighted by atomic mass is 16.2. The Morgan fingerprint density at radius 1 is 1.15 bits per heavy atom. The number of aliphatic hydroxyl groups excluding tert-OH is 1. The van der Waals surface area contributed by atoms with Crippen LogP contribution in [0.2, 0.25) is 0 Å². The number of carbonyl (C=O) groups excluding carboxylic acids is 1. The second-order valence-electron chi connectivity index (χ2n) is 6.28. The van der Waals surface area contributed by atoms with E-state index >= 15 is 0 Å². The molecule has 1 aliphatic rings. The van der Waals surface area contributed by atoms with Gasteiger partial charge in [-0.15, -0.1) is 0 Å². The smallest absolute Gasteiger partial charge is 0.224 e. The number of amidine groups is 2. The van der Waals surface area contributed by atoms with Crippen LogP contribution in [0.15, 0.2) is 24.3 Å². The van der Waals surface area contributed by atoms with E-state index in [2.05, 4.69) is 5.32 Å². The fourth-order valence-electron chi connectivity index (χ4n) is 2.70. The van der Waals surface area contributed by atoms with E-state index in [0.29, 0.717) is 17.9 Å². The molecule has 1 fully saturated rings. The Bertz CT molecular complexity index is 554. The van der Waals surface area contributed by atoms with E-state index in [1.54, 1.807) is 12.1 Å². The van der Waals surface area contributed by atoms with E-state index < -0.39 is 0 Å². The first-order valence-corrected chi connectivity index (χ1v) is 8.84. The molecular formula is C19H35N5O2. The lowest BCUT2D eigenvalue weighted by Gasteiger charge is -2.21. The van der Waals surface area contributed by atoms with E-state index in [0.717, 1.165) is 19.2 Å². The zero-order valence-corrected chi connectivity index (χ0v) is 15.8. The van der Waals surface area contributed by atoms with Gasteiger partial charge < -0.3 is 21.9 Å². The summed E-state index contributed by atoms with van der Waals surface area (Å²) >= 11 is 0. The molecule has 0 atom stereocenters. The predicted octanol–water partition coefficient (Wildman–Crippen LogP) is 2.01. The van der Waals surface area contributed by atoms with Gasteiger partial charge in [-0.1, -0.05) is 43.5 Å². The lowest BCUT2D eigenvalue weighted by molar-refractivity contribution is -0.120. The number of amides is 1. The molecule has 26 heavy (non-hydrogen) atoms.